The zero-order chi connectivity index (χ0) is 44.4. The minimum absolute atomic E-state index is 0. The molecule has 3 unspecified atom stereocenters. The molecule has 60 heavy (non-hydrogen) atoms. The van der Waals surface area contributed by atoms with Crippen LogP contribution in [0.1, 0.15) is 169 Å². The van der Waals surface area contributed by atoms with E-state index in [2.05, 4.69) is 19.9 Å². The lowest BCUT2D eigenvalue weighted by Crippen LogP contribution is -3.00. The highest BCUT2D eigenvalue weighted by Gasteiger charge is 2.28. The normalized spacial score (nSPS) is 13.2. The van der Waals surface area contributed by atoms with Crippen LogP contribution in [0.5, 0.6) is 0 Å². The molecule has 0 fully saturated rings. The molecule has 14 heteroatoms. The number of ether oxygens (including phenoxy) is 5. The van der Waals surface area contributed by atoms with Crippen molar-refractivity contribution in [1.82, 2.24) is 0 Å². The monoisotopic (exact) mass is 878 g/mol. The first-order chi connectivity index (χ1) is 28.0. The van der Waals surface area contributed by atoms with Crippen molar-refractivity contribution < 1.29 is 74.1 Å². The molecule has 0 rings (SSSR count). The van der Waals surface area contributed by atoms with Crippen molar-refractivity contribution in [2.75, 3.05) is 67.6 Å². The molecule has 0 aliphatic rings. The summed E-state index contributed by atoms with van der Waals surface area (Å²) in [5, 5.41) is 10.9. The van der Waals surface area contributed by atoms with Gasteiger partial charge in [-0.3, -0.25) is 14.4 Å². The van der Waals surface area contributed by atoms with Crippen molar-refractivity contribution >= 4 is 29.8 Å². The number of allylic oxidation sites excluding steroid dienone is 1. The summed E-state index contributed by atoms with van der Waals surface area (Å²) in [6, 6.07) is 0. The number of aliphatic hydroxyl groups is 1. The van der Waals surface area contributed by atoms with E-state index in [-0.39, 0.29) is 73.5 Å². The van der Waals surface area contributed by atoms with Crippen LogP contribution in [0, 0.1) is 0 Å². The number of unbranched alkanes of at least 4 members (excludes halogenated alkanes) is 15. The highest BCUT2D eigenvalue weighted by molar-refractivity contribution is 5.72. The van der Waals surface area contributed by atoms with Gasteiger partial charge in [0.25, 0.3) is 0 Å². The van der Waals surface area contributed by atoms with Gasteiger partial charge in [-0.15, -0.1) is 0 Å². The Morgan fingerprint density at radius 3 is 1.52 bits per heavy atom. The number of nitrogens with zero attached hydrogens (tertiary/aromatic N) is 2. The number of halogens is 1. The molecule has 0 aromatic carbocycles. The van der Waals surface area contributed by atoms with E-state index >= 15 is 0 Å². The fourth-order valence-electron chi connectivity index (χ4n) is 6.58. The number of hydrogen-bond acceptors (Lipinski definition) is 11. The second-order valence-electron chi connectivity index (χ2n) is 17.4. The molecule has 1 N–H and O–H groups in total. The Bertz CT molecular complexity index is 1180. The molecule has 0 aliphatic carbocycles. The summed E-state index contributed by atoms with van der Waals surface area (Å²) in [6.45, 7) is 8.58. The molecule has 0 bridgehead atoms. The number of likely N-dealkylation sites (N-methyl/N-ethyl adjacent to an activating group) is 2. The van der Waals surface area contributed by atoms with Crippen LogP contribution in [0.3, 0.4) is 0 Å². The Balaban J connectivity index is 0. The van der Waals surface area contributed by atoms with Crippen molar-refractivity contribution in [2.24, 2.45) is 0 Å². The highest BCUT2D eigenvalue weighted by Crippen LogP contribution is 2.18. The van der Waals surface area contributed by atoms with Gasteiger partial charge in [0.15, 0.2) is 13.1 Å². The SMILES string of the molecule is CCCCCCCCCCCC(OC(=O)CCCCCCCC=CCC(O)C(CCCCC)OC(=O)C[N+](C)(C)CCOC(C)=O)OC(=O)C[N+](C)(C)CCOC(C)=O.[Cl-]. The maximum Gasteiger partial charge on any atom is 0.364 e. The van der Waals surface area contributed by atoms with E-state index in [0.29, 0.717) is 43.3 Å². The Kier molecular flexibility index (Phi) is 36.5. The van der Waals surface area contributed by atoms with E-state index in [0.717, 1.165) is 70.6 Å². The van der Waals surface area contributed by atoms with Crippen molar-refractivity contribution in [3.63, 3.8) is 0 Å². The number of aliphatic hydroxyl groups excluding tert-OH is 1. The first-order valence-corrected chi connectivity index (χ1v) is 22.8. The summed E-state index contributed by atoms with van der Waals surface area (Å²) in [5.41, 5.74) is 0. The summed E-state index contributed by atoms with van der Waals surface area (Å²) in [7, 11) is 7.48. The molecule has 0 spiro atoms. The maximum atomic E-state index is 12.9. The molecule has 0 aliphatic heterocycles. The zero-order valence-electron chi connectivity index (χ0n) is 39.0. The molecule has 0 aromatic heterocycles. The second-order valence-corrected chi connectivity index (χ2v) is 17.4. The average Bonchev–Trinajstić information content (AvgIpc) is 3.13. The molecule has 0 aromatic rings. The van der Waals surface area contributed by atoms with Gasteiger partial charge < -0.3 is 50.2 Å². The fraction of sp³-hybridized carbons (Fsp3) is 0.848. The summed E-state index contributed by atoms with van der Waals surface area (Å²) in [5.74, 6) is -1.90. The zero-order valence-corrected chi connectivity index (χ0v) is 39.7. The van der Waals surface area contributed by atoms with Gasteiger partial charge in [0, 0.05) is 26.7 Å². The molecule has 0 saturated heterocycles. The van der Waals surface area contributed by atoms with Crippen LogP contribution in [-0.4, -0.2) is 130 Å². The molecule has 352 valence electrons. The smallest absolute Gasteiger partial charge is 0.364 e. The van der Waals surface area contributed by atoms with Crippen LogP contribution < -0.4 is 12.4 Å². The molecule has 3 atom stereocenters. The lowest BCUT2D eigenvalue weighted by atomic mass is 10.0. The first-order valence-electron chi connectivity index (χ1n) is 22.8. The third kappa shape index (κ3) is 37.1. The summed E-state index contributed by atoms with van der Waals surface area (Å²) in [4.78, 5) is 60.7. The van der Waals surface area contributed by atoms with Crippen molar-refractivity contribution in [3.8, 4) is 0 Å². The molecule has 0 heterocycles. The van der Waals surface area contributed by atoms with Gasteiger partial charge in [-0.05, 0) is 44.9 Å². The van der Waals surface area contributed by atoms with E-state index in [4.69, 9.17) is 23.7 Å². The number of quaternary nitrogens is 2. The minimum Gasteiger partial charge on any atom is -1.00 e. The lowest BCUT2D eigenvalue weighted by Gasteiger charge is -2.30. The van der Waals surface area contributed by atoms with Crippen LogP contribution in [0.25, 0.3) is 0 Å². The van der Waals surface area contributed by atoms with Gasteiger partial charge in [0.05, 0.1) is 34.3 Å². The summed E-state index contributed by atoms with van der Waals surface area (Å²) in [6.07, 6.45) is 22.2. The van der Waals surface area contributed by atoms with Gasteiger partial charge in [0.2, 0.25) is 6.29 Å². The van der Waals surface area contributed by atoms with Gasteiger partial charge >= 0.3 is 29.8 Å². The highest BCUT2D eigenvalue weighted by atomic mass is 35.5. The lowest BCUT2D eigenvalue weighted by molar-refractivity contribution is -0.883. The summed E-state index contributed by atoms with van der Waals surface area (Å²) < 4.78 is 27.8. The Labute approximate surface area is 370 Å². The van der Waals surface area contributed by atoms with Crippen molar-refractivity contribution in [1.29, 1.82) is 0 Å². The largest absolute Gasteiger partial charge is 1.00 e. The minimum atomic E-state index is -0.909. The van der Waals surface area contributed by atoms with E-state index in [9.17, 15) is 29.1 Å². The molecule has 0 radical (unpaired) electrons. The number of carbonyl (C=O) groups is 5. The Morgan fingerprint density at radius 2 is 0.983 bits per heavy atom. The number of carbonyl (C=O) groups excluding carboxylic acids is 5. The standard InChI is InChI=1S/C46H86N2O11.ClH/c1-9-11-13-14-15-16-21-24-28-32-46(59-45(54)38-48(7,8)34-36-56-40(4)50)58-43(52)31-27-23-20-18-17-19-22-26-29-41(51)42(30-25-12-10-2)57-44(53)37-47(5,6)33-35-55-39(3)49;/h22,26,41-42,46,51H,9-21,23-25,27-38H2,1-8H3;1H/q+2;/p-1. The third-order valence-corrected chi connectivity index (χ3v) is 10.3. The molecule has 13 nitrogen and oxygen atoms in total. The average molecular weight is 879 g/mol. The van der Waals surface area contributed by atoms with E-state index in [1.165, 1.54) is 52.4 Å². The molecule has 0 saturated carbocycles. The second kappa shape index (κ2) is 36.9. The molecular formula is C46H86ClN2O11+. The van der Waals surface area contributed by atoms with Gasteiger partial charge in [-0.25, -0.2) is 9.59 Å². The van der Waals surface area contributed by atoms with E-state index in [1.807, 2.05) is 34.3 Å². The number of esters is 5. The van der Waals surface area contributed by atoms with Gasteiger partial charge in [-0.1, -0.05) is 109 Å². The quantitative estimate of drug-likeness (QED) is 0.0220. The van der Waals surface area contributed by atoms with Crippen LogP contribution in [0.2, 0.25) is 0 Å². The molecule has 0 amide bonds. The van der Waals surface area contributed by atoms with E-state index in [1.54, 1.807) is 0 Å². The van der Waals surface area contributed by atoms with Crippen molar-refractivity contribution in [2.45, 2.75) is 187 Å². The molecular weight excluding hydrogens is 792 g/mol. The Morgan fingerprint density at radius 1 is 0.550 bits per heavy atom. The van der Waals surface area contributed by atoms with Gasteiger partial charge in [0.1, 0.15) is 32.4 Å². The van der Waals surface area contributed by atoms with Crippen LogP contribution in [0.4, 0.5) is 0 Å². The maximum absolute atomic E-state index is 12.9. The number of rotatable bonds is 38. The van der Waals surface area contributed by atoms with Crippen LogP contribution in [-0.2, 0) is 47.7 Å². The third-order valence-electron chi connectivity index (χ3n) is 10.3. The Hall–Kier alpha value is -2.74. The van der Waals surface area contributed by atoms with E-state index < -0.39 is 24.5 Å². The van der Waals surface area contributed by atoms with Crippen molar-refractivity contribution in [3.05, 3.63) is 12.2 Å². The predicted octanol–water partition coefficient (Wildman–Crippen LogP) is 5.13. The predicted molar refractivity (Wildman–Crippen MR) is 231 cm³/mol. The first kappa shape index (κ1) is 59.4. The fourth-order valence-corrected chi connectivity index (χ4v) is 6.58. The topological polar surface area (TPSA) is 152 Å². The van der Waals surface area contributed by atoms with Crippen LogP contribution in [0.15, 0.2) is 12.2 Å². The summed E-state index contributed by atoms with van der Waals surface area (Å²) >= 11 is 0. The van der Waals surface area contributed by atoms with Gasteiger partial charge in [-0.2, -0.15) is 0 Å². The van der Waals surface area contributed by atoms with Crippen LogP contribution >= 0.6 is 0 Å². The number of hydrogen-bond donors (Lipinski definition) is 1.